The molecule has 5 rings (SSSR count). The highest BCUT2D eigenvalue weighted by atomic mass is 32.1. The highest BCUT2D eigenvalue weighted by Gasteiger charge is 2.40. The van der Waals surface area contributed by atoms with Gasteiger partial charge in [0.2, 0.25) is 11.8 Å². The number of thiophene rings is 2. The smallest absolute Gasteiger partial charge is 0.226 e. The van der Waals surface area contributed by atoms with Crippen molar-refractivity contribution in [3.63, 3.8) is 0 Å². The van der Waals surface area contributed by atoms with E-state index < -0.39 is 0 Å². The summed E-state index contributed by atoms with van der Waals surface area (Å²) in [4.78, 5) is 36.1. The largest absolute Gasteiger partial charge is 0.351 e. The Kier molecular flexibility index (Phi) is 7.40. The molecule has 0 radical (unpaired) electrons. The lowest BCUT2D eigenvalue weighted by Gasteiger charge is -2.34. The average molecular weight is 494 g/mol. The molecule has 178 valence electrons. The molecule has 5 nitrogen and oxygen atoms in total. The van der Waals surface area contributed by atoms with E-state index in [1.807, 2.05) is 17.3 Å². The molecule has 34 heavy (non-hydrogen) atoms. The fraction of sp³-hybridized carbons (Fsp3) is 0.444. The lowest BCUT2D eigenvalue weighted by molar-refractivity contribution is -0.142. The maximum absolute atomic E-state index is 13.3. The number of pyridine rings is 1. The summed E-state index contributed by atoms with van der Waals surface area (Å²) < 4.78 is 0. The lowest BCUT2D eigenvalue weighted by Crippen LogP contribution is -2.45. The third-order valence-corrected chi connectivity index (χ3v) is 9.38. The number of piperidine rings is 1. The summed E-state index contributed by atoms with van der Waals surface area (Å²) in [6.45, 7) is 2.15. The van der Waals surface area contributed by atoms with E-state index in [-0.39, 0.29) is 23.7 Å². The molecular formula is C27H31N3O2S2. The number of nitrogens with zero attached hydrogens (tertiary/aromatic N) is 2. The number of hydrogen-bond donors (Lipinski definition) is 1. The maximum atomic E-state index is 13.3. The average Bonchev–Trinajstić information content (AvgIpc) is 3.65. The third-order valence-electron chi connectivity index (χ3n) is 7.23. The van der Waals surface area contributed by atoms with Crippen LogP contribution in [0.15, 0.2) is 54.2 Å². The van der Waals surface area contributed by atoms with Crippen LogP contribution in [-0.2, 0) is 22.6 Å². The van der Waals surface area contributed by atoms with Crippen LogP contribution < -0.4 is 5.32 Å². The van der Waals surface area contributed by atoms with Crippen LogP contribution in [-0.4, -0.2) is 34.8 Å². The molecule has 2 atom stereocenters. The van der Waals surface area contributed by atoms with Crippen LogP contribution >= 0.6 is 22.7 Å². The van der Waals surface area contributed by atoms with Crippen molar-refractivity contribution in [1.29, 1.82) is 0 Å². The van der Waals surface area contributed by atoms with E-state index in [1.54, 1.807) is 22.7 Å². The first-order valence-corrected chi connectivity index (χ1v) is 13.9. The first-order valence-electron chi connectivity index (χ1n) is 12.3. The Hall–Kier alpha value is -2.51. The zero-order valence-corrected chi connectivity index (χ0v) is 21.0. The van der Waals surface area contributed by atoms with E-state index in [0.717, 1.165) is 56.5 Å². The quantitative estimate of drug-likeness (QED) is 0.480. The van der Waals surface area contributed by atoms with Crippen LogP contribution in [0.1, 0.15) is 42.5 Å². The first kappa shape index (κ1) is 23.2. The van der Waals surface area contributed by atoms with Gasteiger partial charge in [0.15, 0.2) is 0 Å². The molecule has 0 spiro atoms. The van der Waals surface area contributed by atoms with Gasteiger partial charge in [0, 0.05) is 52.0 Å². The number of carbonyl (C=O) groups excluding carboxylic acids is 2. The van der Waals surface area contributed by atoms with Crippen molar-refractivity contribution < 1.29 is 9.59 Å². The molecule has 0 aromatic carbocycles. The van der Waals surface area contributed by atoms with Gasteiger partial charge in [0.1, 0.15) is 0 Å². The monoisotopic (exact) mass is 493 g/mol. The molecule has 1 N–H and O–H groups in total. The van der Waals surface area contributed by atoms with Gasteiger partial charge in [-0.2, -0.15) is 0 Å². The van der Waals surface area contributed by atoms with E-state index in [4.69, 9.17) is 0 Å². The number of aromatic nitrogens is 1. The summed E-state index contributed by atoms with van der Waals surface area (Å²) in [7, 11) is 0. The zero-order valence-electron chi connectivity index (χ0n) is 19.3. The molecule has 3 aromatic heterocycles. The van der Waals surface area contributed by atoms with Crippen molar-refractivity contribution in [2.75, 3.05) is 13.1 Å². The molecule has 3 aromatic rings. The minimum absolute atomic E-state index is 0.0366. The summed E-state index contributed by atoms with van der Waals surface area (Å²) in [6, 6.07) is 12.6. The topological polar surface area (TPSA) is 62.3 Å². The fourth-order valence-corrected chi connectivity index (χ4v) is 7.13. The van der Waals surface area contributed by atoms with Crippen molar-refractivity contribution in [2.24, 2.45) is 17.8 Å². The second-order valence-corrected chi connectivity index (χ2v) is 11.5. The Bertz CT molecular complexity index is 1090. The van der Waals surface area contributed by atoms with Crippen molar-refractivity contribution in [2.45, 2.75) is 45.1 Å². The second kappa shape index (κ2) is 10.8. The minimum atomic E-state index is -0.196. The van der Waals surface area contributed by atoms with Gasteiger partial charge >= 0.3 is 0 Å². The van der Waals surface area contributed by atoms with Crippen molar-refractivity contribution in [3.8, 4) is 9.75 Å². The number of nitrogens with one attached hydrogen (secondary N) is 1. The Labute approximate surface area is 209 Å². The van der Waals surface area contributed by atoms with E-state index in [0.29, 0.717) is 12.5 Å². The summed E-state index contributed by atoms with van der Waals surface area (Å²) in [5.74, 6) is 0.477. The number of hydrogen-bond acceptors (Lipinski definition) is 5. The van der Waals surface area contributed by atoms with Crippen LogP contribution in [0.4, 0.5) is 0 Å². The molecule has 1 aliphatic carbocycles. The molecular weight excluding hydrogens is 462 g/mol. The molecule has 0 bridgehead atoms. The molecule has 2 amide bonds. The summed E-state index contributed by atoms with van der Waals surface area (Å²) in [5, 5.41) is 5.20. The van der Waals surface area contributed by atoms with E-state index in [2.05, 4.69) is 52.1 Å². The van der Waals surface area contributed by atoms with Gasteiger partial charge in [0.05, 0.1) is 6.54 Å². The molecule has 4 heterocycles. The highest BCUT2D eigenvalue weighted by Crippen LogP contribution is 2.35. The molecule has 1 aliphatic heterocycles. The van der Waals surface area contributed by atoms with Gasteiger partial charge in [0.25, 0.3) is 0 Å². The number of carbonyl (C=O) groups is 2. The molecule has 1 saturated heterocycles. The Morgan fingerprint density at radius 3 is 2.53 bits per heavy atom. The summed E-state index contributed by atoms with van der Waals surface area (Å²) in [6.07, 6.45) is 9.40. The summed E-state index contributed by atoms with van der Waals surface area (Å²) in [5.41, 5.74) is 1.32. The predicted molar refractivity (Wildman–Crippen MR) is 138 cm³/mol. The van der Waals surface area contributed by atoms with Crippen molar-refractivity contribution in [3.05, 3.63) is 64.6 Å². The van der Waals surface area contributed by atoms with Gasteiger partial charge in [-0.05, 0) is 79.3 Å². The first-order chi connectivity index (χ1) is 16.7. The lowest BCUT2D eigenvalue weighted by atomic mass is 9.88. The van der Waals surface area contributed by atoms with Gasteiger partial charge < -0.3 is 10.2 Å². The van der Waals surface area contributed by atoms with Gasteiger partial charge in [-0.1, -0.05) is 12.5 Å². The Morgan fingerprint density at radius 2 is 1.76 bits per heavy atom. The Balaban J connectivity index is 1.12. The number of likely N-dealkylation sites (tertiary alicyclic amines) is 1. The van der Waals surface area contributed by atoms with Crippen LogP contribution in [0.3, 0.4) is 0 Å². The standard InChI is InChI=1S/C27H31N3O2S2/c31-26(29-18-21-6-7-25(34-21)24-5-2-16-33-24)22-3-1-4-23(22)27(32)30-14-10-20(11-15-30)17-19-8-12-28-13-9-19/h2,5-9,12-13,16,20,22-23H,1,3-4,10-11,14-15,17-18H2,(H,29,31)/t22-,23?/m1/s1. The molecule has 1 unspecified atom stereocenters. The maximum Gasteiger partial charge on any atom is 0.226 e. The molecule has 2 aliphatic rings. The number of rotatable bonds is 7. The van der Waals surface area contributed by atoms with Crippen LogP contribution in [0.5, 0.6) is 0 Å². The molecule has 7 heteroatoms. The Morgan fingerprint density at radius 1 is 0.971 bits per heavy atom. The fourth-order valence-electron chi connectivity index (χ4n) is 5.34. The highest BCUT2D eigenvalue weighted by molar-refractivity contribution is 7.21. The van der Waals surface area contributed by atoms with Crippen molar-refractivity contribution in [1.82, 2.24) is 15.2 Å². The van der Waals surface area contributed by atoms with E-state index in [1.165, 1.54) is 15.3 Å². The zero-order chi connectivity index (χ0) is 23.3. The molecule has 1 saturated carbocycles. The van der Waals surface area contributed by atoms with Gasteiger partial charge in [-0.15, -0.1) is 22.7 Å². The van der Waals surface area contributed by atoms with Crippen LogP contribution in [0, 0.1) is 17.8 Å². The summed E-state index contributed by atoms with van der Waals surface area (Å²) >= 11 is 3.45. The van der Waals surface area contributed by atoms with Gasteiger partial charge in [-0.3, -0.25) is 14.6 Å². The third kappa shape index (κ3) is 5.41. The van der Waals surface area contributed by atoms with Gasteiger partial charge in [-0.25, -0.2) is 0 Å². The molecule has 2 fully saturated rings. The number of amides is 2. The predicted octanol–water partition coefficient (Wildman–Crippen LogP) is 5.39. The van der Waals surface area contributed by atoms with E-state index >= 15 is 0 Å². The normalized spacial score (nSPS) is 21.0. The van der Waals surface area contributed by atoms with Crippen LogP contribution in [0.25, 0.3) is 9.75 Å². The SMILES string of the molecule is O=C(NCc1ccc(-c2cccs2)s1)[C@@H]1CCCC1C(=O)N1CCC(Cc2ccncc2)CC1. The van der Waals surface area contributed by atoms with Crippen LogP contribution in [0.2, 0.25) is 0 Å². The van der Waals surface area contributed by atoms with Crippen molar-refractivity contribution >= 4 is 34.5 Å². The second-order valence-electron chi connectivity index (χ2n) is 9.43. The van der Waals surface area contributed by atoms with E-state index in [9.17, 15) is 9.59 Å². The minimum Gasteiger partial charge on any atom is -0.351 e.